The largest absolute Gasteiger partial charge is 0.192 e. The predicted molar refractivity (Wildman–Crippen MR) is 95.2 cm³/mol. The zero-order chi connectivity index (χ0) is 15.7. The van der Waals surface area contributed by atoms with Crippen LogP contribution < -0.4 is 0 Å². The van der Waals surface area contributed by atoms with Crippen molar-refractivity contribution >= 4 is 11.8 Å². The molecule has 2 heteroatoms. The van der Waals surface area contributed by atoms with Crippen molar-refractivity contribution in [3.63, 3.8) is 0 Å². The van der Waals surface area contributed by atoms with Crippen LogP contribution in [-0.4, -0.2) is 0 Å². The molecular weight excluding hydrogens is 298 g/mol. The van der Waals surface area contributed by atoms with Gasteiger partial charge in [-0.1, -0.05) is 72.8 Å². The molecule has 0 unspecified atom stereocenters. The van der Waals surface area contributed by atoms with Crippen molar-refractivity contribution < 1.29 is 0 Å². The van der Waals surface area contributed by atoms with Gasteiger partial charge < -0.3 is 0 Å². The van der Waals surface area contributed by atoms with Gasteiger partial charge in [-0.25, -0.2) is 0 Å². The fourth-order valence-electron chi connectivity index (χ4n) is 3.16. The third kappa shape index (κ3) is 2.34. The Kier molecular flexibility index (Phi) is 3.44. The molecule has 1 saturated heterocycles. The average Bonchev–Trinajstić information content (AvgIpc) is 3.40. The lowest BCUT2D eigenvalue weighted by Gasteiger charge is -2.17. The topological polar surface area (TPSA) is 23.8 Å². The van der Waals surface area contributed by atoms with E-state index < -0.39 is 0 Å². The molecule has 0 saturated carbocycles. The molecule has 1 nitrogen and oxygen atoms in total. The number of hydrogen-bond donors (Lipinski definition) is 0. The van der Waals surface area contributed by atoms with E-state index in [-0.39, 0.29) is 4.75 Å². The van der Waals surface area contributed by atoms with Gasteiger partial charge in [0.05, 0.1) is 21.6 Å². The summed E-state index contributed by atoms with van der Waals surface area (Å²) in [5.41, 5.74) is 4.67. The summed E-state index contributed by atoms with van der Waals surface area (Å²) in [4.78, 5) is 0. The Morgan fingerprint density at radius 1 is 0.739 bits per heavy atom. The molecule has 0 bridgehead atoms. The minimum absolute atomic E-state index is 0.0172. The van der Waals surface area contributed by atoms with E-state index >= 15 is 0 Å². The summed E-state index contributed by atoms with van der Waals surface area (Å²) >= 11 is 1.97. The molecule has 0 amide bonds. The van der Waals surface area contributed by atoms with Crippen LogP contribution in [0.2, 0.25) is 0 Å². The van der Waals surface area contributed by atoms with Gasteiger partial charge in [0, 0.05) is 0 Å². The van der Waals surface area contributed by atoms with Crippen LogP contribution >= 0.6 is 11.8 Å². The van der Waals surface area contributed by atoms with Gasteiger partial charge in [0.15, 0.2) is 0 Å². The number of nitrogens with zero attached hydrogens (tertiary/aromatic N) is 1. The maximum atomic E-state index is 8.99. The fraction of sp³-hybridized carbons (Fsp3) is 0.0952. The highest BCUT2D eigenvalue weighted by Crippen LogP contribution is 2.74. The number of thioether (sulfide) groups is 1. The summed E-state index contributed by atoms with van der Waals surface area (Å²) in [6, 6.07) is 31.6. The van der Waals surface area contributed by atoms with Crippen LogP contribution in [-0.2, 0) is 4.75 Å². The number of hydrogen-bond acceptors (Lipinski definition) is 2. The zero-order valence-electron chi connectivity index (χ0n) is 12.5. The smallest absolute Gasteiger partial charge is 0.0991 e. The Morgan fingerprint density at radius 2 is 1.26 bits per heavy atom. The molecule has 0 aliphatic carbocycles. The summed E-state index contributed by atoms with van der Waals surface area (Å²) in [6.07, 6.45) is 0. The Hall–Kier alpha value is -2.50. The number of benzene rings is 3. The molecule has 0 spiro atoms. The van der Waals surface area contributed by atoms with Crippen LogP contribution in [0.4, 0.5) is 0 Å². The van der Waals surface area contributed by atoms with Gasteiger partial charge in [-0.05, 0) is 28.8 Å². The standard InChI is InChI=1S/C21H15NS/c22-15-16-11-13-17(14-12-16)20-21(23-20,18-7-3-1-4-8-18)19-9-5-2-6-10-19/h1-14,20H/t20-/m1/s1. The summed E-state index contributed by atoms with van der Waals surface area (Å²) in [5.74, 6) is 0. The summed E-state index contributed by atoms with van der Waals surface area (Å²) in [7, 11) is 0. The minimum Gasteiger partial charge on any atom is -0.192 e. The second-order valence-corrected chi connectivity index (χ2v) is 7.05. The Morgan fingerprint density at radius 3 is 1.74 bits per heavy atom. The SMILES string of the molecule is N#Cc1ccc([C@H]2SC2(c2ccccc2)c2ccccc2)cc1. The fourth-order valence-corrected chi connectivity index (χ4v) is 4.71. The van der Waals surface area contributed by atoms with E-state index in [4.69, 9.17) is 5.26 Å². The van der Waals surface area contributed by atoms with Crippen LogP contribution in [0.3, 0.4) is 0 Å². The Balaban J connectivity index is 1.79. The van der Waals surface area contributed by atoms with Crippen molar-refractivity contribution in [2.45, 2.75) is 10.00 Å². The van der Waals surface area contributed by atoms with Gasteiger partial charge in [0.25, 0.3) is 0 Å². The molecular formula is C21H15NS. The van der Waals surface area contributed by atoms with Crippen molar-refractivity contribution in [1.82, 2.24) is 0 Å². The predicted octanol–water partition coefficient (Wildman–Crippen LogP) is 5.29. The first-order chi connectivity index (χ1) is 11.3. The van der Waals surface area contributed by atoms with E-state index in [1.54, 1.807) is 0 Å². The van der Waals surface area contributed by atoms with E-state index in [2.05, 4.69) is 78.9 Å². The summed E-state index contributed by atoms with van der Waals surface area (Å²) < 4.78 is -0.0172. The lowest BCUT2D eigenvalue weighted by atomic mass is 9.86. The molecule has 1 aliphatic rings. The van der Waals surface area contributed by atoms with Crippen LogP contribution in [0.15, 0.2) is 84.9 Å². The molecule has 0 aromatic heterocycles. The molecule has 1 heterocycles. The van der Waals surface area contributed by atoms with Gasteiger partial charge in [0.1, 0.15) is 0 Å². The monoisotopic (exact) mass is 313 g/mol. The van der Waals surface area contributed by atoms with Crippen molar-refractivity contribution in [3.05, 3.63) is 107 Å². The van der Waals surface area contributed by atoms with Gasteiger partial charge >= 0.3 is 0 Å². The van der Waals surface area contributed by atoms with Crippen LogP contribution in [0, 0.1) is 11.3 Å². The van der Waals surface area contributed by atoms with E-state index in [0.29, 0.717) is 10.8 Å². The molecule has 1 atom stereocenters. The maximum absolute atomic E-state index is 8.99. The highest BCUT2D eigenvalue weighted by Gasteiger charge is 2.58. The van der Waals surface area contributed by atoms with Crippen LogP contribution in [0.1, 0.15) is 27.5 Å². The third-order valence-corrected chi connectivity index (χ3v) is 6.05. The highest BCUT2D eigenvalue weighted by molar-refractivity contribution is 8.07. The van der Waals surface area contributed by atoms with E-state index in [1.807, 2.05) is 23.9 Å². The lowest BCUT2D eigenvalue weighted by molar-refractivity contribution is 0.824. The molecule has 0 radical (unpaired) electrons. The normalized spacial score (nSPS) is 18.1. The summed E-state index contributed by atoms with van der Waals surface area (Å²) in [6.45, 7) is 0. The van der Waals surface area contributed by atoms with Gasteiger partial charge in [-0.15, -0.1) is 11.8 Å². The molecule has 1 fully saturated rings. The summed E-state index contributed by atoms with van der Waals surface area (Å²) in [5, 5.41) is 9.38. The molecule has 4 rings (SSSR count). The first-order valence-electron chi connectivity index (χ1n) is 7.63. The Labute approximate surface area is 140 Å². The average molecular weight is 313 g/mol. The van der Waals surface area contributed by atoms with Gasteiger partial charge in [-0.2, -0.15) is 5.26 Å². The van der Waals surface area contributed by atoms with E-state index in [0.717, 1.165) is 0 Å². The highest BCUT2D eigenvalue weighted by atomic mass is 32.2. The number of rotatable bonds is 3. The molecule has 0 N–H and O–H groups in total. The van der Waals surface area contributed by atoms with Crippen molar-refractivity contribution in [1.29, 1.82) is 5.26 Å². The van der Waals surface area contributed by atoms with Crippen LogP contribution in [0.5, 0.6) is 0 Å². The third-order valence-electron chi connectivity index (χ3n) is 4.36. The molecule has 1 aliphatic heterocycles. The Bertz CT molecular complexity index is 808. The first kappa shape index (κ1) is 14.1. The second-order valence-electron chi connectivity index (χ2n) is 5.70. The minimum atomic E-state index is -0.0172. The van der Waals surface area contributed by atoms with Crippen molar-refractivity contribution in [2.75, 3.05) is 0 Å². The van der Waals surface area contributed by atoms with Gasteiger partial charge in [-0.3, -0.25) is 0 Å². The molecule has 3 aromatic rings. The quantitative estimate of drug-likeness (QED) is 0.613. The molecule has 23 heavy (non-hydrogen) atoms. The zero-order valence-corrected chi connectivity index (χ0v) is 13.3. The van der Waals surface area contributed by atoms with E-state index in [1.165, 1.54) is 16.7 Å². The van der Waals surface area contributed by atoms with Crippen molar-refractivity contribution in [2.24, 2.45) is 0 Å². The molecule has 110 valence electrons. The molecule has 3 aromatic carbocycles. The second kappa shape index (κ2) is 5.61. The van der Waals surface area contributed by atoms with Gasteiger partial charge in [0.2, 0.25) is 0 Å². The maximum Gasteiger partial charge on any atom is 0.0991 e. The number of nitriles is 1. The van der Waals surface area contributed by atoms with Crippen molar-refractivity contribution in [3.8, 4) is 6.07 Å². The lowest BCUT2D eigenvalue weighted by Crippen LogP contribution is -2.11. The van der Waals surface area contributed by atoms with Crippen LogP contribution in [0.25, 0.3) is 0 Å². The van der Waals surface area contributed by atoms with E-state index in [9.17, 15) is 0 Å². The first-order valence-corrected chi connectivity index (χ1v) is 8.51.